The van der Waals surface area contributed by atoms with Crippen molar-refractivity contribution in [2.75, 3.05) is 18.1 Å². The van der Waals surface area contributed by atoms with E-state index in [1.165, 1.54) is 12.1 Å². The Labute approximate surface area is 130 Å². The van der Waals surface area contributed by atoms with Crippen LogP contribution in [0.25, 0.3) is 0 Å². The molecule has 108 valence electrons. The van der Waals surface area contributed by atoms with Gasteiger partial charge in [0.15, 0.2) is 0 Å². The molecule has 0 aliphatic heterocycles. The second-order valence-corrected chi connectivity index (χ2v) is 4.33. The molecule has 20 heavy (non-hydrogen) atoms. The molecule has 0 saturated heterocycles. The summed E-state index contributed by atoms with van der Waals surface area (Å²) in [6.45, 7) is 2.33. The molecule has 0 aliphatic rings. The molecule has 10 heteroatoms. The lowest BCUT2D eigenvalue weighted by Crippen LogP contribution is -2.00. The summed E-state index contributed by atoms with van der Waals surface area (Å²) in [7, 11) is 0. The van der Waals surface area contributed by atoms with Crippen LogP contribution in [0.1, 0.15) is 6.92 Å². The van der Waals surface area contributed by atoms with Gasteiger partial charge in [0.25, 0.3) is 0 Å². The van der Waals surface area contributed by atoms with Crippen LogP contribution in [0.2, 0.25) is 15.6 Å². The molecule has 0 saturated carbocycles. The zero-order chi connectivity index (χ0) is 15.1. The van der Waals surface area contributed by atoms with Crippen LogP contribution in [-0.4, -0.2) is 26.5 Å². The molecule has 2 heterocycles. The first kappa shape index (κ1) is 16.5. The van der Waals surface area contributed by atoms with Crippen molar-refractivity contribution >= 4 is 46.4 Å². The van der Waals surface area contributed by atoms with Gasteiger partial charge in [0, 0.05) is 12.1 Å². The molecule has 7 nitrogen and oxygen atoms in total. The Morgan fingerprint density at radius 2 is 1.50 bits per heavy atom. The lowest BCUT2D eigenvalue weighted by molar-refractivity contribution is 0.313. The molecular weight excluding hydrogens is 327 g/mol. The minimum absolute atomic E-state index is 0.0694. The number of nitrogens with zero attached hydrogens (tertiary/aromatic N) is 4. The SMILES string of the molecule is CCOc1nc(N)cc(Cl)n1.Nc1cc(Cl)nc(Cl)n1. The first-order valence-corrected chi connectivity index (χ1v) is 6.42. The van der Waals surface area contributed by atoms with E-state index in [4.69, 9.17) is 51.0 Å². The van der Waals surface area contributed by atoms with E-state index < -0.39 is 0 Å². The van der Waals surface area contributed by atoms with Crippen LogP contribution >= 0.6 is 34.8 Å². The van der Waals surface area contributed by atoms with Crippen LogP contribution < -0.4 is 16.2 Å². The van der Waals surface area contributed by atoms with Crippen molar-refractivity contribution in [3.8, 4) is 6.01 Å². The summed E-state index contributed by atoms with van der Waals surface area (Å²) in [4.78, 5) is 14.7. The smallest absolute Gasteiger partial charge is 0.319 e. The fourth-order valence-electron chi connectivity index (χ4n) is 1.01. The normalized spacial score (nSPS) is 9.60. The maximum Gasteiger partial charge on any atom is 0.319 e. The van der Waals surface area contributed by atoms with Crippen molar-refractivity contribution in [1.29, 1.82) is 0 Å². The number of aromatic nitrogens is 4. The topological polar surface area (TPSA) is 113 Å². The minimum Gasteiger partial charge on any atom is -0.464 e. The largest absolute Gasteiger partial charge is 0.464 e. The Hall–Kier alpha value is -1.57. The fourth-order valence-corrected chi connectivity index (χ4v) is 1.62. The van der Waals surface area contributed by atoms with Crippen molar-refractivity contribution in [3.63, 3.8) is 0 Å². The van der Waals surface area contributed by atoms with Crippen LogP contribution in [0.3, 0.4) is 0 Å². The Morgan fingerprint density at radius 1 is 0.950 bits per heavy atom. The number of halogens is 3. The maximum atomic E-state index is 5.57. The average molecular weight is 338 g/mol. The highest BCUT2D eigenvalue weighted by Crippen LogP contribution is 2.12. The van der Waals surface area contributed by atoms with Crippen LogP contribution in [-0.2, 0) is 0 Å². The van der Waals surface area contributed by atoms with Crippen LogP contribution in [0.15, 0.2) is 12.1 Å². The number of anilines is 2. The molecule has 0 bridgehead atoms. The third-order valence-corrected chi connectivity index (χ3v) is 2.21. The second kappa shape index (κ2) is 7.88. The van der Waals surface area contributed by atoms with Crippen LogP contribution in [0.5, 0.6) is 6.01 Å². The molecule has 0 spiro atoms. The molecule has 4 N–H and O–H groups in total. The van der Waals surface area contributed by atoms with Gasteiger partial charge in [0.05, 0.1) is 6.61 Å². The molecule has 2 aromatic rings. The third-order valence-electron chi connectivity index (χ3n) is 1.66. The second-order valence-electron chi connectivity index (χ2n) is 3.22. The summed E-state index contributed by atoms with van der Waals surface area (Å²) in [6, 6.07) is 3.11. The van der Waals surface area contributed by atoms with Gasteiger partial charge in [-0.15, -0.1) is 0 Å². The molecule has 2 aromatic heterocycles. The van der Waals surface area contributed by atoms with Crippen molar-refractivity contribution in [3.05, 3.63) is 27.7 Å². The Balaban J connectivity index is 0.000000204. The standard InChI is InChI=1S/C6H8ClN3O.C4H3Cl2N3/c1-2-11-6-9-4(7)3-5(8)10-6;5-2-1-3(7)9-4(6)8-2/h3H,2H2,1H3,(H2,8,9,10);1H,(H2,7,8,9). The molecule has 0 aromatic carbocycles. The highest BCUT2D eigenvalue weighted by Gasteiger charge is 1.99. The fraction of sp³-hybridized carbons (Fsp3) is 0.200. The number of ether oxygens (including phenoxy) is 1. The molecule has 0 atom stereocenters. The van der Waals surface area contributed by atoms with Crippen molar-refractivity contribution in [2.24, 2.45) is 0 Å². The Morgan fingerprint density at radius 3 is 1.95 bits per heavy atom. The minimum atomic E-state index is 0.0694. The van der Waals surface area contributed by atoms with E-state index in [1.807, 2.05) is 6.92 Å². The van der Waals surface area contributed by atoms with E-state index in [-0.39, 0.29) is 22.3 Å². The van der Waals surface area contributed by atoms with Gasteiger partial charge in [0.2, 0.25) is 5.28 Å². The van der Waals surface area contributed by atoms with Gasteiger partial charge >= 0.3 is 6.01 Å². The summed E-state index contributed by atoms with van der Waals surface area (Å²) >= 11 is 16.4. The van der Waals surface area contributed by atoms with Gasteiger partial charge < -0.3 is 16.2 Å². The molecule has 0 aliphatic carbocycles. The predicted octanol–water partition coefficient (Wildman–Crippen LogP) is 2.48. The van der Waals surface area contributed by atoms with Gasteiger partial charge in [-0.2, -0.15) is 9.97 Å². The van der Waals surface area contributed by atoms with E-state index in [0.717, 1.165) is 0 Å². The van der Waals surface area contributed by atoms with Gasteiger partial charge in [-0.3, -0.25) is 0 Å². The van der Waals surface area contributed by atoms with Crippen LogP contribution in [0.4, 0.5) is 11.6 Å². The van der Waals surface area contributed by atoms with E-state index in [9.17, 15) is 0 Å². The number of nitrogens with two attached hydrogens (primary N) is 2. The molecule has 0 radical (unpaired) electrons. The molecule has 0 fully saturated rings. The summed E-state index contributed by atoms with van der Waals surface area (Å²) in [5.74, 6) is 0.591. The lowest BCUT2D eigenvalue weighted by Gasteiger charge is -2.00. The number of nitrogen functional groups attached to an aromatic ring is 2. The summed E-state index contributed by atoms with van der Waals surface area (Å²) in [5.41, 5.74) is 10.6. The van der Waals surface area contributed by atoms with Crippen molar-refractivity contribution in [1.82, 2.24) is 19.9 Å². The first-order valence-electron chi connectivity index (χ1n) is 5.29. The van der Waals surface area contributed by atoms with E-state index in [1.54, 1.807) is 0 Å². The third kappa shape index (κ3) is 6.05. The van der Waals surface area contributed by atoms with Gasteiger partial charge in [-0.25, -0.2) is 9.97 Å². The lowest BCUT2D eigenvalue weighted by atomic mass is 10.6. The Bertz CT molecular complexity index is 512. The quantitative estimate of drug-likeness (QED) is 0.639. The van der Waals surface area contributed by atoms with Crippen LogP contribution in [0, 0.1) is 0 Å². The highest BCUT2D eigenvalue weighted by atomic mass is 35.5. The monoisotopic (exact) mass is 336 g/mol. The highest BCUT2D eigenvalue weighted by molar-refractivity contribution is 6.32. The zero-order valence-electron chi connectivity index (χ0n) is 10.3. The van der Waals surface area contributed by atoms with Crippen molar-refractivity contribution in [2.45, 2.75) is 6.92 Å². The van der Waals surface area contributed by atoms with E-state index in [0.29, 0.717) is 17.6 Å². The van der Waals surface area contributed by atoms with E-state index >= 15 is 0 Å². The number of rotatable bonds is 2. The summed E-state index contributed by atoms with van der Waals surface area (Å²) in [5, 5.41) is 0.619. The molecule has 0 unspecified atom stereocenters. The number of hydrogen-bond acceptors (Lipinski definition) is 7. The average Bonchev–Trinajstić information content (AvgIpc) is 2.26. The molecule has 2 rings (SSSR count). The first-order chi connectivity index (χ1) is 9.40. The summed E-state index contributed by atoms with van der Waals surface area (Å²) < 4.78 is 4.98. The number of hydrogen-bond donors (Lipinski definition) is 2. The molecular formula is C10H11Cl3N6O. The molecule has 0 amide bonds. The van der Waals surface area contributed by atoms with E-state index in [2.05, 4.69) is 19.9 Å². The van der Waals surface area contributed by atoms with Gasteiger partial charge in [0.1, 0.15) is 21.9 Å². The zero-order valence-corrected chi connectivity index (χ0v) is 12.6. The van der Waals surface area contributed by atoms with Gasteiger partial charge in [-0.05, 0) is 18.5 Å². The summed E-state index contributed by atoms with van der Waals surface area (Å²) in [6.07, 6.45) is 0. The Kier molecular flexibility index (Phi) is 6.50. The van der Waals surface area contributed by atoms with Crippen molar-refractivity contribution < 1.29 is 4.74 Å². The maximum absolute atomic E-state index is 5.57. The van der Waals surface area contributed by atoms with Gasteiger partial charge in [-0.1, -0.05) is 23.2 Å². The predicted molar refractivity (Wildman–Crippen MR) is 79.1 cm³/mol.